The maximum Gasteiger partial charge on any atom is 0.244 e. The molecule has 0 spiro atoms. The van der Waals surface area contributed by atoms with Crippen LogP contribution >= 0.6 is 0 Å². The summed E-state index contributed by atoms with van der Waals surface area (Å²) in [7, 11) is -1.75. The van der Waals surface area contributed by atoms with E-state index in [1.54, 1.807) is 13.2 Å². The summed E-state index contributed by atoms with van der Waals surface area (Å²) < 4.78 is 28.7. The van der Waals surface area contributed by atoms with E-state index >= 15 is 0 Å². The Morgan fingerprint density at radius 2 is 2.10 bits per heavy atom. The standard InChI is InChI=1S/C14H25N3O2S/c1-5-15-9-13-8-14(10-17(13)12-6-7-12)20(18,19)16(4)11(2)3/h8,10-12,15H,5-7,9H2,1-4H3. The molecule has 1 N–H and O–H groups in total. The number of sulfonamides is 1. The third-order valence-corrected chi connectivity index (χ3v) is 5.81. The smallest absolute Gasteiger partial charge is 0.244 e. The fourth-order valence-electron chi connectivity index (χ4n) is 2.17. The van der Waals surface area contributed by atoms with Gasteiger partial charge in [-0.1, -0.05) is 6.92 Å². The van der Waals surface area contributed by atoms with E-state index in [9.17, 15) is 8.42 Å². The predicted octanol–water partition coefficient (Wildman–Crippen LogP) is 1.96. The van der Waals surface area contributed by atoms with Crippen molar-refractivity contribution in [3.05, 3.63) is 18.0 Å². The topological polar surface area (TPSA) is 54.3 Å². The lowest BCUT2D eigenvalue weighted by molar-refractivity contribution is 0.410. The van der Waals surface area contributed by atoms with Crippen LogP contribution in [0.5, 0.6) is 0 Å². The first-order valence-electron chi connectivity index (χ1n) is 7.27. The maximum atomic E-state index is 12.5. The van der Waals surface area contributed by atoms with Crippen LogP contribution in [0.4, 0.5) is 0 Å². The Morgan fingerprint density at radius 3 is 2.60 bits per heavy atom. The average Bonchev–Trinajstić information content (AvgIpc) is 3.15. The molecule has 0 aliphatic heterocycles. The van der Waals surface area contributed by atoms with Crippen LogP contribution in [0.15, 0.2) is 17.2 Å². The van der Waals surface area contributed by atoms with E-state index in [0.29, 0.717) is 17.5 Å². The molecule has 1 saturated carbocycles. The summed E-state index contributed by atoms with van der Waals surface area (Å²) in [5.74, 6) is 0. The van der Waals surface area contributed by atoms with Crippen LogP contribution in [-0.2, 0) is 16.6 Å². The van der Waals surface area contributed by atoms with E-state index in [2.05, 4.69) is 16.8 Å². The zero-order valence-electron chi connectivity index (χ0n) is 12.8. The van der Waals surface area contributed by atoms with E-state index in [1.807, 2.05) is 19.9 Å². The van der Waals surface area contributed by atoms with Crippen LogP contribution < -0.4 is 5.32 Å². The minimum Gasteiger partial charge on any atom is -0.346 e. The Morgan fingerprint density at radius 1 is 1.45 bits per heavy atom. The summed E-state index contributed by atoms with van der Waals surface area (Å²) in [6.45, 7) is 7.41. The molecule has 1 heterocycles. The summed E-state index contributed by atoms with van der Waals surface area (Å²) in [6.07, 6.45) is 4.10. The van der Waals surface area contributed by atoms with Gasteiger partial charge in [-0.3, -0.25) is 0 Å². The molecule has 0 atom stereocenters. The second kappa shape index (κ2) is 5.87. The fraction of sp³-hybridized carbons (Fsp3) is 0.714. The Bertz CT molecular complexity index is 559. The monoisotopic (exact) mass is 299 g/mol. The van der Waals surface area contributed by atoms with Crippen LogP contribution in [0.25, 0.3) is 0 Å². The third-order valence-electron chi connectivity index (χ3n) is 3.81. The largest absolute Gasteiger partial charge is 0.346 e. The lowest BCUT2D eigenvalue weighted by Gasteiger charge is -2.19. The molecule has 0 aromatic carbocycles. The van der Waals surface area contributed by atoms with Crippen LogP contribution in [0.1, 0.15) is 45.3 Å². The molecule has 1 aromatic rings. The highest BCUT2D eigenvalue weighted by atomic mass is 32.2. The van der Waals surface area contributed by atoms with Gasteiger partial charge in [-0.15, -0.1) is 0 Å². The summed E-state index contributed by atoms with van der Waals surface area (Å²) in [5.41, 5.74) is 1.06. The highest BCUT2D eigenvalue weighted by molar-refractivity contribution is 7.89. The molecule has 1 aliphatic rings. The van der Waals surface area contributed by atoms with Crippen molar-refractivity contribution in [1.82, 2.24) is 14.2 Å². The van der Waals surface area contributed by atoms with E-state index in [-0.39, 0.29) is 6.04 Å². The normalized spacial score (nSPS) is 16.3. The molecule has 0 radical (unpaired) electrons. The Hall–Kier alpha value is -0.850. The zero-order valence-corrected chi connectivity index (χ0v) is 13.6. The molecular weight excluding hydrogens is 274 g/mol. The first-order valence-corrected chi connectivity index (χ1v) is 8.71. The molecule has 5 nitrogen and oxygen atoms in total. The minimum absolute atomic E-state index is 0.0403. The molecule has 0 amide bonds. The van der Waals surface area contributed by atoms with Gasteiger partial charge in [0.05, 0.1) is 0 Å². The quantitative estimate of drug-likeness (QED) is 0.837. The van der Waals surface area contributed by atoms with Gasteiger partial charge in [0.2, 0.25) is 10.0 Å². The number of hydrogen-bond donors (Lipinski definition) is 1. The van der Waals surface area contributed by atoms with Crippen molar-refractivity contribution in [2.75, 3.05) is 13.6 Å². The van der Waals surface area contributed by atoms with Gasteiger partial charge < -0.3 is 9.88 Å². The highest BCUT2D eigenvalue weighted by Crippen LogP contribution is 2.37. The molecule has 1 aliphatic carbocycles. The summed E-state index contributed by atoms with van der Waals surface area (Å²) in [6, 6.07) is 2.26. The molecule has 114 valence electrons. The van der Waals surface area contributed by atoms with Gasteiger partial charge in [0.25, 0.3) is 0 Å². The average molecular weight is 299 g/mol. The molecule has 0 bridgehead atoms. The molecule has 6 heteroatoms. The van der Waals surface area contributed by atoms with Crippen LogP contribution in [0.3, 0.4) is 0 Å². The van der Waals surface area contributed by atoms with Crippen molar-refractivity contribution in [3.8, 4) is 0 Å². The first-order chi connectivity index (χ1) is 9.37. The molecular formula is C14H25N3O2S. The van der Waals surface area contributed by atoms with E-state index in [4.69, 9.17) is 0 Å². The Kier molecular flexibility index (Phi) is 4.56. The van der Waals surface area contributed by atoms with Crippen molar-refractivity contribution < 1.29 is 8.42 Å². The molecule has 0 saturated heterocycles. The van der Waals surface area contributed by atoms with Crippen LogP contribution in [-0.4, -0.2) is 36.9 Å². The van der Waals surface area contributed by atoms with Gasteiger partial charge in [0.1, 0.15) is 4.90 Å². The van der Waals surface area contributed by atoms with Gasteiger partial charge in [-0.25, -0.2) is 8.42 Å². The molecule has 1 aromatic heterocycles. The van der Waals surface area contributed by atoms with Gasteiger partial charge in [-0.2, -0.15) is 4.31 Å². The summed E-state index contributed by atoms with van der Waals surface area (Å²) in [4.78, 5) is 0.411. The van der Waals surface area contributed by atoms with Crippen LogP contribution in [0.2, 0.25) is 0 Å². The van der Waals surface area contributed by atoms with Gasteiger partial charge in [0.15, 0.2) is 0 Å². The van der Waals surface area contributed by atoms with Gasteiger partial charge in [0, 0.05) is 37.6 Å². The SMILES string of the molecule is CCNCc1cc(S(=O)(=O)N(C)C(C)C)cn1C1CC1. The van der Waals surface area contributed by atoms with Crippen molar-refractivity contribution in [2.24, 2.45) is 0 Å². The van der Waals surface area contributed by atoms with E-state index < -0.39 is 10.0 Å². The molecule has 0 unspecified atom stereocenters. The Labute approximate surface area is 122 Å². The number of rotatable bonds is 7. The molecule has 1 fully saturated rings. The third kappa shape index (κ3) is 3.07. The van der Waals surface area contributed by atoms with Gasteiger partial charge >= 0.3 is 0 Å². The predicted molar refractivity (Wildman–Crippen MR) is 80.2 cm³/mol. The number of aromatic nitrogens is 1. The number of hydrogen-bond acceptors (Lipinski definition) is 3. The number of nitrogens with zero attached hydrogens (tertiary/aromatic N) is 2. The summed E-state index contributed by atoms with van der Waals surface area (Å²) >= 11 is 0. The second-order valence-corrected chi connectivity index (χ2v) is 7.70. The second-order valence-electron chi connectivity index (χ2n) is 5.70. The molecule has 2 rings (SSSR count). The Balaban J connectivity index is 2.32. The van der Waals surface area contributed by atoms with Crippen molar-refractivity contribution in [1.29, 1.82) is 0 Å². The van der Waals surface area contributed by atoms with E-state index in [0.717, 1.165) is 25.1 Å². The van der Waals surface area contributed by atoms with E-state index in [1.165, 1.54) is 4.31 Å². The fourth-order valence-corrected chi connectivity index (χ4v) is 3.59. The highest BCUT2D eigenvalue weighted by Gasteiger charge is 2.30. The number of nitrogens with one attached hydrogen (secondary N) is 1. The van der Waals surface area contributed by atoms with Crippen molar-refractivity contribution in [2.45, 2.75) is 57.1 Å². The maximum absolute atomic E-state index is 12.5. The van der Waals surface area contributed by atoms with Crippen molar-refractivity contribution in [3.63, 3.8) is 0 Å². The zero-order chi connectivity index (χ0) is 14.9. The summed E-state index contributed by atoms with van der Waals surface area (Å²) in [5, 5.41) is 3.28. The van der Waals surface area contributed by atoms with Crippen molar-refractivity contribution >= 4 is 10.0 Å². The lowest BCUT2D eigenvalue weighted by atomic mass is 10.4. The minimum atomic E-state index is -3.39. The first kappa shape index (κ1) is 15.5. The van der Waals surface area contributed by atoms with Crippen LogP contribution in [0, 0.1) is 0 Å². The van der Waals surface area contributed by atoms with Gasteiger partial charge in [-0.05, 0) is 39.3 Å². The molecule has 20 heavy (non-hydrogen) atoms. The lowest BCUT2D eigenvalue weighted by Crippen LogP contribution is -2.32.